The van der Waals surface area contributed by atoms with Gasteiger partial charge in [0.05, 0.1) is 6.10 Å². The number of aliphatic hydroxyl groups excluding tert-OH is 1. The first-order chi connectivity index (χ1) is 8.50. The number of hydrogen-bond donors (Lipinski definition) is 1. The van der Waals surface area contributed by atoms with Gasteiger partial charge in [-0.15, -0.1) is 0 Å². The standard InChI is InChI=1S/C15H17FO2/c1-9-10(2)18-11(3)15(9)14(17)8-12-6-4-5-7-13(12)16/h4-7,14,17H,8H2,1-3H3. The lowest BCUT2D eigenvalue weighted by atomic mass is 9.98. The van der Waals surface area contributed by atoms with Crippen molar-refractivity contribution in [3.05, 3.63) is 58.3 Å². The van der Waals surface area contributed by atoms with Crippen LogP contribution in [0.5, 0.6) is 0 Å². The zero-order chi connectivity index (χ0) is 13.3. The molecule has 1 aromatic heterocycles. The molecular formula is C15H17FO2. The Bertz CT molecular complexity index is 558. The summed E-state index contributed by atoms with van der Waals surface area (Å²) in [6.07, 6.45) is -0.479. The van der Waals surface area contributed by atoms with E-state index < -0.39 is 6.10 Å². The summed E-state index contributed by atoms with van der Waals surface area (Å²) in [5.74, 6) is 1.22. The van der Waals surface area contributed by atoms with Crippen LogP contribution in [0, 0.1) is 26.6 Å². The largest absolute Gasteiger partial charge is 0.466 e. The molecule has 2 nitrogen and oxygen atoms in total. The Balaban J connectivity index is 2.28. The summed E-state index contributed by atoms with van der Waals surface area (Å²) in [6.45, 7) is 5.59. The van der Waals surface area contributed by atoms with E-state index in [-0.39, 0.29) is 12.2 Å². The van der Waals surface area contributed by atoms with E-state index in [9.17, 15) is 9.50 Å². The van der Waals surface area contributed by atoms with Crippen LogP contribution in [0.1, 0.15) is 34.3 Å². The van der Waals surface area contributed by atoms with Crippen LogP contribution in [0.3, 0.4) is 0 Å². The molecule has 0 fully saturated rings. The van der Waals surface area contributed by atoms with Crippen molar-refractivity contribution in [2.45, 2.75) is 33.3 Å². The average Bonchev–Trinajstić information content (AvgIpc) is 2.56. The highest BCUT2D eigenvalue weighted by atomic mass is 19.1. The molecule has 1 atom stereocenters. The molecule has 0 aliphatic heterocycles. The van der Waals surface area contributed by atoms with Gasteiger partial charge in [-0.05, 0) is 38.0 Å². The Kier molecular flexibility index (Phi) is 3.53. The fourth-order valence-corrected chi connectivity index (χ4v) is 2.27. The Labute approximate surface area is 106 Å². The predicted octanol–water partition coefficient (Wildman–Crippen LogP) is 3.62. The van der Waals surface area contributed by atoms with Crippen LogP contribution in [0.4, 0.5) is 4.39 Å². The van der Waals surface area contributed by atoms with E-state index in [1.807, 2.05) is 20.8 Å². The SMILES string of the molecule is Cc1oc(C)c(C(O)Cc2ccccc2F)c1C. The zero-order valence-corrected chi connectivity index (χ0v) is 10.8. The fraction of sp³-hybridized carbons (Fsp3) is 0.333. The van der Waals surface area contributed by atoms with Gasteiger partial charge in [0.2, 0.25) is 0 Å². The summed E-state index contributed by atoms with van der Waals surface area (Å²) in [6, 6.07) is 6.51. The van der Waals surface area contributed by atoms with Crippen LogP contribution in [-0.2, 0) is 6.42 Å². The number of hydrogen-bond acceptors (Lipinski definition) is 2. The highest BCUT2D eigenvalue weighted by Crippen LogP contribution is 2.29. The smallest absolute Gasteiger partial charge is 0.126 e. The molecule has 0 saturated carbocycles. The Morgan fingerprint density at radius 2 is 1.83 bits per heavy atom. The maximum atomic E-state index is 13.5. The summed E-state index contributed by atoms with van der Waals surface area (Å²) < 4.78 is 19.0. The predicted molar refractivity (Wildman–Crippen MR) is 68.0 cm³/mol. The summed E-state index contributed by atoms with van der Waals surface area (Å²) in [5, 5.41) is 10.2. The molecule has 1 heterocycles. The Hall–Kier alpha value is -1.61. The monoisotopic (exact) mass is 248 g/mol. The minimum absolute atomic E-state index is 0.257. The fourth-order valence-electron chi connectivity index (χ4n) is 2.27. The summed E-state index contributed by atoms with van der Waals surface area (Å²) in [5.41, 5.74) is 2.23. The zero-order valence-electron chi connectivity index (χ0n) is 10.8. The van der Waals surface area contributed by atoms with Crippen molar-refractivity contribution in [3.8, 4) is 0 Å². The minimum Gasteiger partial charge on any atom is -0.466 e. The average molecular weight is 248 g/mol. The van der Waals surface area contributed by atoms with Gasteiger partial charge < -0.3 is 9.52 Å². The molecular weight excluding hydrogens is 231 g/mol. The van der Waals surface area contributed by atoms with Gasteiger partial charge in [0.15, 0.2) is 0 Å². The van der Waals surface area contributed by atoms with Crippen molar-refractivity contribution in [2.75, 3.05) is 0 Å². The summed E-state index contributed by atoms with van der Waals surface area (Å²) >= 11 is 0. The van der Waals surface area contributed by atoms with Crippen molar-refractivity contribution in [1.82, 2.24) is 0 Å². The van der Waals surface area contributed by atoms with E-state index in [0.717, 1.165) is 16.9 Å². The van der Waals surface area contributed by atoms with E-state index in [4.69, 9.17) is 4.42 Å². The quantitative estimate of drug-likeness (QED) is 0.900. The van der Waals surface area contributed by atoms with Crippen LogP contribution in [-0.4, -0.2) is 5.11 Å². The molecule has 0 saturated heterocycles. The minimum atomic E-state index is -0.737. The van der Waals surface area contributed by atoms with Gasteiger partial charge in [0, 0.05) is 12.0 Å². The van der Waals surface area contributed by atoms with E-state index >= 15 is 0 Å². The lowest BCUT2D eigenvalue weighted by Crippen LogP contribution is -2.05. The molecule has 3 heteroatoms. The molecule has 1 unspecified atom stereocenters. The van der Waals surface area contributed by atoms with Crippen LogP contribution in [0.2, 0.25) is 0 Å². The van der Waals surface area contributed by atoms with Gasteiger partial charge in [-0.1, -0.05) is 18.2 Å². The second kappa shape index (κ2) is 4.94. The normalized spacial score (nSPS) is 12.7. The van der Waals surface area contributed by atoms with Gasteiger partial charge >= 0.3 is 0 Å². The van der Waals surface area contributed by atoms with Crippen molar-refractivity contribution in [2.24, 2.45) is 0 Å². The molecule has 2 aromatic rings. The number of rotatable bonds is 3. The third kappa shape index (κ3) is 2.31. The summed E-state index contributed by atoms with van der Waals surface area (Å²) in [7, 11) is 0. The topological polar surface area (TPSA) is 33.4 Å². The molecule has 2 rings (SSSR count). The number of furan rings is 1. The molecule has 96 valence electrons. The first-order valence-corrected chi connectivity index (χ1v) is 5.98. The van der Waals surface area contributed by atoms with E-state index in [0.29, 0.717) is 11.3 Å². The molecule has 1 aromatic carbocycles. The number of benzene rings is 1. The van der Waals surface area contributed by atoms with Gasteiger partial charge in [-0.25, -0.2) is 4.39 Å². The van der Waals surface area contributed by atoms with Crippen LogP contribution < -0.4 is 0 Å². The molecule has 0 amide bonds. The third-order valence-corrected chi connectivity index (χ3v) is 3.32. The molecule has 0 aliphatic carbocycles. The van der Waals surface area contributed by atoms with E-state index in [1.165, 1.54) is 6.07 Å². The lowest BCUT2D eigenvalue weighted by Gasteiger charge is -2.12. The van der Waals surface area contributed by atoms with Crippen LogP contribution in [0.25, 0.3) is 0 Å². The maximum absolute atomic E-state index is 13.5. The lowest BCUT2D eigenvalue weighted by molar-refractivity contribution is 0.174. The van der Waals surface area contributed by atoms with Gasteiger partial charge in [0.1, 0.15) is 17.3 Å². The van der Waals surface area contributed by atoms with Crippen molar-refractivity contribution in [1.29, 1.82) is 0 Å². The highest BCUT2D eigenvalue weighted by molar-refractivity contribution is 5.34. The second-order valence-corrected chi connectivity index (χ2v) is 4.56. The second-order valence-electron chi connectivity index (χ2n) is 4.56. The number of halogens is 1. The van der Waals surface area contributed by atoms with Crippen LogP contribution >= 0.6 is 0 Å². The van der Waals surface area contributed by atoms with Crippen molar-refractivity contribution in [3.63, 3.8) is 0 Å². The van der Waals surface area contributed by atoms with Crippen molar-refractivity contribution < 1.29 is 13.9 Å². The van der Waals surface area contributed by atoms with Crippen LogP contribution in [0.15, 0.2) is 28.7 Å². The Morgan fingerprint density at radius 3 is 2.39 bits per heavy atom. The molecule has 18 heavy (non-hydrogen) atoms. The Morgan fingerprint density at radius 1 is 1.17 bits per heavy atom. The number of aryl methyl sites for hydroxylation is 2. The highest BCUT2D eigenvalue weighted by Gasteiger charge is 2.20. The molecule has 0 spiro atoms. The van der Waals surface area contributed by atoms with Gasteiger partial charge in [-0.3, -0.25) is 0 Å². The van der Waals surface area contributed by atoms with E-state index in [1.54, 1.807) is 18.2 Å². The first kappa shape index (κ1) is 12.8. The maximum Gasteiger partial charge on any atom is 0.126 e. The molecule has 0 bridgehead atoms. The third-order valence-electron chi connectivity index (χ3n) is 3.32. The van der Waals surface area contributed by atoms with Crippen molar-refractivity contribution >= 4 is 0 Å². The van der Waals surface area contributed by atoms with E-state index in [2.05, 4.69) is 0 Å². The van der Waals surface area contributed by atoms with Gasteiger partial charge in [-0.2, -0.15) is 0 Å². The molecule has 0 radical (unpaired) electrons. The first-order valence-electron chi connectivity index (χ1n) is 5.98. The molecule has 0 aliphatic rings. The summed E-state index contributed by atoms with van der Waals surface area (Å²) in [4.78, 5) is 0. The molecule has 1 N–H and O–H groups in total. The van der Waals surface area contributed by atoms with Gasteiger partial charge in [0.25, 0.3) is 0 Å². The number of aliphatic hydroxyl groups is 1.